The first-order valence-corrected chi connectivity index (χ1v) is 7.73. The molecule has 0 atom stereocenters. The zero-order valence-corrected chi connectivity index (χ0v) is 12.9. The van der Waals surface area contributed by atoms with Crippen LogP contribution in [0.5, 0.6) is 0 Å². The number of hydrogen-bond donors (Lipinski definition) is 0. The van der Waals surface area contributed by atoms with Gasteiger partial charge in [-0.2, -0.15) is 0 Å². The van der Waals surface area contributed by atoms with E-state index in [1.807, 2.05) is 24.3 Å². The highest BCUT2D eigenvalue weighted by Crippen LogP contribution is 2.31. The van der Waals surface area contributed by atoms with Crippen molar-refractivity contribution in [1.82, 2.24) is 15.0 Å². The molecule has 1 saturated heterocycles. The zero-order valence-electron chi connectivity index (χ0n) is 11.3. The van der Waals surface area contributed by atoms with Gasteiger partial charge in [0.05, 0.1) is 5.52 Å². The van der Waals surface area contributed by atoms with E-state index in [4.69, 9.17) is 9.97 Å². The second-order valence-corrected chi connectivity index (χ2v) is 6.03. The fourth-order valence-electron chi connectivity index (χ4n) is 2.48. The van der Waals surface area contributed by atoms with Crippen LogP contribution in [0.25, 0.3) is 22.3 Å². The molecule has 0 saturated carbocycles. The van der Waals surface area contributed by atoms with E-state index in [2.05, 4.69) is 31.9 Å². The van der Waals surface area contributed by atoms with Crippen molar-refractivity contribution in [2.45, 2.75) is 6.42 Å². The van der Waals surface area contributed by atoms with E-state index in [9.17, 15) is 0 Å². The third-order valence-electron chi connectivity index (χ3n) is 3.71. The lowest BCUT2D eigenvalue weighted by atomic mass is 10.1. The van der Waals surface area contributed by atoms with E-state index < -0.39 is 0 Å². The van der Waals surface area contributed by atoms with Gasteiger partial charge in [-0.15, -0.1) is 0 Å². The molecule has 1 fully saturated rings. The monoisotopic (exact) mass is 340 g/mol. The van der Waals surface area contributed by atoms with E-state index in [0.717, 1.165) is 45.7 Å². The number of anilines is 1. The fourth-order valence-corrected chi connectivity index (χ4v) is 2.83. The SMILES string of the molecule is Brc1ccc2c(N3CCC3)nc(-c3cccnc3)nc2c1. The van der Waals surface area contributed by atoms with Crippen LogP contribution in [0.3, 0.4) is 0 Å². The highest BCUT2D eigenvalue weighted by molar-refractivity contribution is 9.10. The third-order valence-corrected chi connectivity index (χ3v) is 4.21. The van der Waals surface area contributed by atoms with Crippen molar-refractivity contribution >= 4 is 32.7 Å². The molecule has 1 aliphatic rings. The van der Waals surface area contributed by atoms with Gasteiger partial charge in [-0.1, -0.05) is 15.9 Å². The first-order chi connectivity index (χ1) is 10.3. The highest BCUT2D eigenvalue weighted by atomic mass is 79.9. The molecule has 0 N–H and O–H groups in total. The normalized spacial score (nSPS) is 14.2. The molecule has 4 nitrogen and oxygen atoms in total. The molecular formula is C16H13BrN4. The standard InChI is InChI=1S/C16H13BrN4/c17-12-4-5-13-14(9-12)19-15(11-3-1-6-18-10-11)20-16(13)21-7-2-8-21/h1,3-6,9-10H,2,7-8H2. The number of halogens is 1. The molecule has 4 rings (SSSR count). The summed E-state index contributed by atoms with van der Waals surface area (Å²) in [4.78, 5) is 16.0. The Hall–Kier alpha value is -2.01. The van der Waals surface area contributed by atoms with Gasteiger partial charge in [0.1, 0.15) is 5.82 Å². The Balaban J connectivity index is 1.96. The molecule has 3 aromatic rings. The maximum absolute atomic E-state index is 4.78. The molecule has 5 heteroatoms. The number of benzene rings is 1. The average Bonchev–Trinajstić information content (AvgIpc) is 2.46. The Morgan fingerprint density at radius 2 is 2.00 bits per heavy atom. The molecule has 0 radical (unpaired) electrons. The summed E-state index contributed by atoms with van der Waals surface area (Å²) in [7, 11) is 0. The number of rotatable bonds is 2. The van der Waals surface area contributed by atoms with Crippen molar-refractivity contribution in [2.75, 3.05) is 18.0 Å². The number of aromatic nitrogens is 3. The van der Waals surface area contributed by atoms with Gasteiger partial charge < -0.3 is 4.90 Å². The van der Waals surface area contributed by atoms with Gasteiger partial charge in [0.2, 0.25) is 0 Å². The quantitative estimate of drug-likeness (QED) is 0.713. The summed E-state index contributed by atoms with van der Waals surface area (Å²) in [5.41, 5.74) is 1.90. The van der Waals surface area contributed by atoms with Gasteiger partial charge in [0.15, 0.2) is 5.82 Å². The van der Waals surface area contributed by atoms with E-state index in [1.165, 1.54) is 6.42 Å². The highest BCUT2D eigenvalue weighted by Gasteiger charge is 2.20. The van der Waals surface area contributed by atoms with E-state index >= 15 is 0 Å². The summed E-state index contributed by atoms with van der Waals surface area (Å²) >= 11 is 3.52. The lowest BCUT2D eigenvalue weighted by Gasteiger charge is -2.33. The number of hydrogen-bond acceptors (Lipinski definition) is 4. The van der Waals surface area contributed by atoms with Crippen LogP contribution in [0.4, 0.5) is 5.82 Å². The van der Waals surface area contributed by atoms with Crippen LogP contribution in [-0.2, 0) is 0 Å². The Morgan fingerprint density at radius 3 is 2.71 bits per heavy atom. The van der Waals surface area contributed by atoms with Crippen molar-refractivity contribution in [3.05, 3.63) is 47.2 Å². The Morgan fingerprint density at radius 1 is 1.10 bits per heavy atom. The minimum absolute atomic E-state index is 0.732. The van der Waals surface area contributed by atoms with Crippen LogP contribution >= 0.6 is 15.9 Å². The van der Waals surface area contributed by atoms with Gasteiger partial charge in [0.25, 0.3) is 0 Å². The average molecular weight is 341 g/mol. The molecule has 0 bridgehead atoms. The zero-order chi connectivity index (χ0) is 14.2. The molecule has 1 aromatic carbocycles. The number of pyridine rings is 1. The largest absolute Gasteiger partial charge is 0.356 e. The van der Waals surface area contributed by atoms with Crippen molar-refractivity contribution in [2.24, 2.45) is 0 Å². The number of nitrogens with zero attached hydrogens (tertiary/aromatic N) is 4. The Labute approximate surface area is 131 Å². The summed E-state index contributed by atoms with van der Waals surface area (Å²) in [6.07, 6.45) is 4.79. The first-order valence-electron chi connectivity index (χ1n) is 6.94. The maximum Gasteiger partial charge on any atom is 0.163 e. The fraction of sp³-hybridized carbons (Fsp3) is 0.188. The van der Waals surface area contributed by atoms with Crippen LogP contribution in [0.2, 0.25) is 0 Å². The van der Waals surface area contributed by atoms with Crippen molar-refractivity contribution < 1.29 is 0 Å². The molecule has 104 valence electrons. The number of fused-ring (bicyclic) bond motifs is 1. The molecule has 0 unspecified atom stereocenters. The predicted octanol–water partition coefficient (Wildman–Crippen LogP) is 3.66. The Bertz CT molecular complexity index is 800. The summed E-state index contributed by atoms with van der Waals surface area (Å²) in [5, 5.41) is 1.10. The molecule has 0 amide bonds. The maximum atomic E-state index is 4.78. The second kappa shape index (κ2) is 5.07. The third kappa shape index (κ3) is 2.27. The lowest BCUT2D eigenvalue weighted by Crippen LogP contribution is -2.37. The van der Waals surface area contributed by atoms with Crippen molar-refractivity contribution in [3.8, 4) is 11.4 Å². The van der Waals surface area contributed by atoms with Crippen molar-refractivity contribution in [1.29, 1.82) is 0 Å². The Kier molecular flexibility index (Phi) is 3.07. The molecule has 21 heavy (non-hydrogen) atoms. The second-order valence-electron chi connectivity index (χ2n) is 5.11. The van der Waals surface area contributed by atoms with Crippen LogP contribution in [0.1, 0.15) is 6.42 Å². The topological polar surface area (TPSA) is 41.9 Å². The first kappa shape index (κ1) is 12.7. The summed E-state index contributed by atoms with van der Waals surface area (Å²) in [5.74, 6) is 1.76. The van der Waals surface area contributed by atoms with E-state index in [-0.39, 0.29) is 0 Å². The summed E-state index contributed by atoms with van der Waals surface area (Å²) in [6.45, 7) is 2.13. The van der Waals surface area contributed by atoms with Crippen LogP contribution in [-0.4, -0.2) is 28.0 Å². The molecule has 3 heterocycles. The predicted molar refractivity (Wildman–Crippen MR) is 87.3 cm³/mol. The van der Waals surface area contributed by atoms with Crippen LogP contribution in [0.15, 0.2) is 47.2 Å². The van der Waals surface area contributed by atoms with Crippen LogP contribution < -0.4 is 4.90 Å². The van der Waals surface area contributed by atoms with Gasteiger partial charge in [-0.25, -0.2) is 9.97 Å². The molecule has 0 aliphatic carbocycles. The van der Waals surface area contributed by atoms with Gasteiger partial charge in [-0.05, 0) is 36.8 Å². The molecule has 1 aliphatic heterocycles. The van der Waals surface area contributed by atoms with E-state index in [1.54, 1.807) is 12.4 Å². The smallest absolute Gasteiger partial charge is 0.163 e. The minimum atomic E-state index is 0.732. The van der Waals surface area contributed by atoms with Gasteiger partial charge >= 0.3 is 0 Å². The summed E-state index contributed by atoms with van der Waals surface area (Å²) < 4.78 is 1.03. The van der Waals surface area contributed by atoms with Crippen LogP contribution in [0, 0.1) is 0 Å². The lowest BCUT2D eigenvalue weighted by molar-refractivity contribution is 0.612. The van der Waals surface area contributed by atoms with Crippen molar-refractivity contribution in [3.63, 3.8) is 0 Å². The minimum Gasteiger partial charge on any atom is -0.356 e. The van der Waals surface area contributed by atoms with Gasteiger partial charge in [0, 0.05) is 40.9 Å². The molecule has 0 spiro atoms. The molecular weight excluding hydrogens is 328 g/mol. The van der Waals surface area contributed by atoms with E-state index in [0.29, 0.717) is 0 Å². The van der Waals surface area contributed by atoms with Gasteiger partial charge in [-0.3, -0.25) is 4.98 Å². The summed E-state index contributed by atoms with van der Waals surface area (Å²) in [6, 6.07) is 10.1. The molecule has 2 aromatic heterocycles.